The number of rotatable bonds is 0. The minimum atomic E-state index is 0.819. The van der Waals surface area contributed by atoms with Gasteiger partial charge in [0.25, 0.3) is 0 Å². The van der Waals surface area contributed by atoms with Crippen molar-refractivity contribution in [1.82, 2.24) is 0 Å². The Labute approximate surface area is 68.4 Å². The molecule has 2 unspecified atom stereocenters. The van der Waals surface area contributed by atoms with Gasteiger partial charge in [-0.3, -0.25) is 0 Å². The summed E-state index contributed by atoms with van der Waals surface area (Å²) >= 11 is 0. The lowest BCUT2D eigenvalue weighted by Gasteiger charge is -2.27. The van der Waals surface area contributed by atoms with Crippen LogP contribution in [0, 0.1) is 17.8 Å². The van der Waals surface area contributed by atoms with E-state index in [-0.39, 0.29) is 0 Å². The molecular formula is C10H16O. The lowest BCUT2D eigenvalue weighted by atomic mass is 9.86. The van der Waals surface area contributed by atoms with Crippen LogP contribution in [0.1, 0.15) is 26.7 Å². The van der Waals surface area contributed by atoms with Gasteiger partial charge in [-0.1, -0.05) is 6.92 Å². The van der Waals surface area contributed by atoms with Gasteiger partial charge in [-0.05, 0) is 37.2 Å². The summed E-state index contributed by atoms with van der Waals surface area (Å²) in [4.78, 5) is 0. The highest BCUT2D eigenvalue weighted by molar-refractivity contribution is 5.08. The highest BCUT2D eigenvalue weighted by Crippen LogP contribution is 2.42. The maximum Gasteiger partial charge on any atom is 0.0909 e. The maximum absolute atomic E-state index is 5.40. The van der Waals surface area contributed by atoms with Crippen molar-refractivity contribution in [2.75, 3.05) is 6.61 Å². The topological polar surface area (TPSA) is 9.23 Å². The molecule has 0 amide bonds. The third-order valence-corrected chi connectivity index (χ3v) is 3.32. The molecule has 2 aliphatic rings. The van der Waals surface area contributed by atoms with Gasteiger partial charge in [-0.25, -0.2) is 0 Å². The standard InChI is InChI=1S/C10H16O/c1-7-3-4-9-8(2)5-11-6-10(7)9/h5,7,9-10H,3-4,6H2,1-2H3/t7-,9?,10?/m0/s1. The molecule has 1 aliphatic heterocycles. The van der Waals surface area contributed by atoms with Crippen LogP contribution in [0.3, 0.4) is 0 Å². The van der Waals surface area contributed by atoms with Crippen LogP contribution in [0.4, 0.5) is 0 Å². The van der Waals surface area contributed by atoms with Gasteiger partial charge < -0.3 is 4.74 Å². The van der Waals surface area contributed by atoms with Crippen LogP contribution in [0.5, 0.6) is 0 Å². The van der Waals surface area contributed by atoms with Crippen molar-refractivity contribution in [3.63, 3.8) is 0 Å². The third kappa shape index (κ3) is 1.07. The number of fused-ring (bicyclic) bond motifs is 1. The van der Waals surface area contributed by atoms with Gasteiger partial charge in [-0.2, -0.15) is 0 Å². The van der Waals surface area contributed by atoms with E-state index in [1.165, 1.54) is 18.4 Å². The normalized spacial score (nSPS) is 42.7. The molecule has 11 heavy (non-hydrogen) atoms. The fourth-order valence-corrected chi connectivity index (χ4v) is 2.49. The summed E-state index contributed by atoms with van der Waals surface area (Å²) < 4.78 is 5.40. The highest BCUT2D eigenvalue weighted by Gasteiger charge is 2.36. The van der Waals surface area contributed by atoms with E-state index in [2.05, 4.69) is 13.8 Å². The second-order valence-electron chi connectivity index (χ2n) is 4.02. The van der Waals surface area contributed by atoms with Gasteiger partial charge in [0, 0.05) is 5.92 Å². The van der Waals surface area contributed by atoms with Crippen LogP contribution in [-0.4, -0.2) is 6.61 Å². The van der Waals surface area contributed by atoms with Crippen LogP contribution >= 0.6 is 0 Å². The smallest absolute Gasteiger partial charge is 0.0909 e. The Morgan fingerprint density at radius 1 is 1.45 bits per heavy atom. The Morgan fingerprint density at radius 3 is 3.00 bits per heavy atom. The van der Waals surface area contributed by atoms with E-state index in [9.17, 15) is 0 Å². The Balaban J connectivity index is 2.18. The highest BCUT2D eigenvalue weighted by atomic mass is 16.5. The summed E-state index contributed by atoms with van der Waals surface area (Å²) in [7, 11) is 0. The van der Waals surface area contributed by atoms with Gasteiger partial charge in [0.05, 0.1) is 12.9 Å². The molecule has 1 saturated carbocycles. The van der Waals surface area contributed by atoms with E-state index < -0.39 is 0 Å². The molecule has 1 fully saturated rings. The quantitative estimate of drug-likeness (QED) is 0.518. The summed E-state index contributed by atoms with van der Waals surface area (Å²) in [6, 6.07) is 0. The lowest BCUT2D eigenvalue weighted by molar-refractivity contribution is 0.128. The number of allylic oxidation sites excluding steroid dienone is 1. The molecule has 0 aromatic rings. The van der Waals surface area contributed by atoms with E-state index in [0.29, 0.717) is 0 Å². The third-order valence-electron chi connectivity index (χ3n) is 3.32. The predicted octanol–water partition coefficient (Wildman–Crippen LogP) is 2.58. The minimum absolute atomic E-state index is 0.819. The molecule has 62 valence electrons. The average molecular weight is 152 g/mol. The second-order valence-corrected chi connectivity index (χ2v) is 4.02. The first-order valence-electron chi connectivity index (χ1n) is 4.57. The zero-order chi connectivity index (χ0) is 7.84. The molecule has 1 heteroatoms. The molecule has 0 radical (unpaired) electrons. The van der Waals surface area contributed by atoms with E-state index in [1.54, 1.807) is 0 Å². The van der Waals surface area contributed by atoms with Crippen LogP contribution in [0.25, 0.3) is 0 Å². The molecule has 1 nitrogen and oxygen atoms in total. The van der Waals surface area contributed by atoms with E-state index in [1.807, 2.05) is 6.26 Å². The van der Waals surface area contributed by atoms with Crippen molar-refractivity contribution in [2.45, 2.75) is 26.7 Å². The zero-order valence-electron chi connectivity index (χ0n) is 7.34. The monoisotopic (exact) mass is 152 g/mol. The van der Waals surface area contributed by atoms with Crippen LogP contribution in [-0.2, 0) is 4.74 Å². The van der Waals surface area contributed by atoms with E-state index >= 15 is 0 Å². The Kier molecular flexibility index (Phi) is 1.67. The van der Waals surface area contributed by atoms with Gasteiger partial charge in [0.15, 0.2) is 0 Å². The molecule has 0 aromatic heterocycles. The maximum atomic E-state index is 5.40. The summed E-state index contributed by atoms with van der Waals surface area (Å²) in [6.45, 7) is 5.52. The van der Waals surface area contributed by atoms with Crippen molar-refractivity contribution in [3.05, 3.63) is 11.8 Å². The van der Waals surface area contributed by atoms with Crippen molar-refractivity contribution in [1.29, 1.82) is 0 Å². The Morgan fingerprint density at radius 2 is 2.27 bits per heavy atom. The van der Waals surface area contributed by atoms with Crippen LogP contribution in [0.15, 0.2) is 11.8 Å². The SMILES string of the molecule is CC1=COCC2C1CC[C@@H]2C. The molecule has 0 spiro atoms. The van der Waals surface area contributed by atoms with Crippen molar-refractivity contribution in [3.8, 4) is 0 Å². The number of ether oxygens (including phenoxy) is 1. The largest absolute Gasteiger partial charge is 0.501 e. The second kappa shape index (κ2) is 2.54. The molecule has 3 atom stereocenters. The zero-order valence-corrected chi connectivity index (χ0v) is 7.34. The van der Waals surface area contributed by atoms with Crippen molar-refractivity contribution < 1.29 is 4.74 Å². The lowest BCUT2D eigenvalue weighted by Crippen LogP contribution is -2.23. The summed E-state index contributed by atoms with van der Waals surface area (Å²) in [6.07, 6.45) is 4.74. The molecule has 0 bridgehead atoms. The average Bonchev–Trinajstić information content (AvgIpc) is 2.35. The number of hydrogen-bond donors (Lipinski definition) is 0. The van der Waals surface area contributed by atoms with Gasteiger partial charge in [-0.15, -0.1) is 0 Å². The molecule has 2 rings (SSSR count). The first kappa shape index (κ1) is 7.20. The van der Waals surface area contributed by atoms with Crippen LogP contribution < -0.4 is 0 Å². The van der Waals surface area contributed by atoms with Gasteiger partial charge in [0.1, 0.15) is 0 Å². The minimum Gasteiger partial charge on any atom is -0.501 e. The van der Waals surface area contributed by atoms with E-state index in [0.717, 1.165) is 24.4 Å². The van der Waals surface area contributed by atoms with Gasteiger partial charge >= 0.3 is 0 Å². The molecule has 1 aliphatic carbocycles. The van der Waals surface area contributed by atoms with Crippen molar-refractivity contribution in [2.24, 2.45) is 17.8 Å². The molecule has 0 saturated heterocycles. The first-order valence-corrected chi connectivity index (χ1v) is 4.57. The summed E-state index contributed by atoms with van der Waals surface area (Å²) in [5, 5.41) is 0. The predicted molar refractivity (Wildman–Crippen MR) is 45.1 cm³/mol. The van der Waals surface area contributed by atoms with E-state index in [4.69, 9.17) is 4.74 Å². The summed E-state index contributed by atoms with van der Waals surface area (Å²) in [5.41, 5.74) is 1.46. The van der Waals surface area contributed by atoms with Crippen LogP contribution in [0.2, 0.25) is 0 Å². The number of hydrogen-bond acceptors (Lipinski definition) is 1. The molecule has 0 aromatic carbocycles. The Hall–Kier alpha value is -0.460. The molecular weight excluding hydrogens is 136 g/mol. The summed E-state index contributed by atoms with van der Waals surface area (Å²) in [5.74, 6) is 2.54. The molecule has 0 N–H and O–H groups in total. The first-order chi connectivity index (χ1) is 5.29. The van der Waals surface area contributed by atoms with Gasteiger partial charge in [0.2, 0.25) is 0 Å². The van der Waals surface area contributed by atoms with Crippen molar-refractivity contribution >= 4 is 0 Å². The fraction of sp³-hybridized carbons (Fsp3) is 0.800. The Bertz CT molecular complexity index is 183. The molecule has 1 heterocycles. The fourth-order valence-electron chi connectivity index (χ4n) is 2.49.